The largest absolute Gasteiger partial charge is 0.372 e. The van der Waals surface area contributed by atoms with Crippen molar-refractivity contribution in [3.05, 3.63) is 30.1 Å². The molecule has 22 heavy (non-hydrogen) atoms. The number of aryl methyl sites for hydroxylation is 1. The average molecular weight is 301 g/mol. The molecule has 1 aromatic heterocycles. The van der Waals surface area contributed by atoms with E-state index in [4.69, 9.17) is 4.74 Å². The highest BCUT2D eigenvalue weighted by molar-refractivity contribution is 5.81. The summed E-state index contributed by atoms with van der Waals surface area (Å²) in [5.74, 6) is 1.10. The van der Waals surface area contributed by atoms with Crippen LogP contribution in [0.4, 0.5) is 0 Å². The molecule has 2 heterocycles. The zero-order chi connectivity index (χ0) is 15.7. The number of rotatable bonds is 3. The Morgan fingerprint density at radius 1 is 1.27 bits per heavy atom. The van der Waals surface area contributed by atoms with E-state index in [-0.39, 0.29) is 18.1 Å². The molecule has 118 valence electrons. The molecule has 0 spiro atoms. The number of hydrogen-bond acceptors (Lipinski definition) is 3. The molecule has 1 aliphatic rings. The van der Waals surface area contributed by atoms with Crippen LogP contribution >= 0.6 is 0 Å². The second-order valence-corrected chi connectivity index (χ2v) is 6.01. The van der Waals surface area contributed by atoms with Crippen LogP contribution in [-0.2, 0) is 22.5 Å². The third-order valence-electron chi connectivity index (χ3n) is 4.12. The van der Waals surface area contributed by atoms with E-state index in [1.807, 2.05) is 47.6 Å². The van der Waals surface area contributed by atoms with Gasteiger partial charge in [0, 0.05) is 19.5 Å². The molecule has 1 aromatic carbocycles. The number of imidazole rings is 1. The first-order chi connectivity index (χ1) is 10.6. The van der Waals surface area contributed by atoms with Gasteiger partial charge in [-0.3, -0.25) is 4.79 Å². The molecule has 1 saturated heterocycles. The number of carbonyl (C=O) groups excluding carboxylic acids is 1. The molecule has 2 atom stereocenters. The van der Waals surface area contributed by atoms with Crippen molar-refractivity contribution in [3.8, 4) is 0 Å². The number of benzene rings is 1. The Morgan fingerprint density at radius 3 is 2.64 bits per heavy atom. The zero-order valence-electron chi connectivity index (χ0n) is 13.5. The predicted octanol–water partition coefficient (Wildman–Crippen LogP) is 2.23. The SMILES string of the molecule is CCc1nc2ccccc2n1CC(=O)N1CC(C)OC(C)C1. The number of morpholine rings is 1. The smallest absolute Gasteiger partial charge is 0.242 e. The lowest BCUT2D eigenvalue weighted by atomic mass is 10.2. The molecule has 2 unspecified atom stereocenters. The van der Waals surface area contributed by atoms with E-state index in [2.05, 4.69) is 11.9 Å². The van der Waals surface area contributed by atoms with Crippen molar-refractivity contribution >= 4 is 16.9 Å². The third kappa shape index (κ3) is 2.86. The number of hydrogen-bond donors (Lipinski definition) is 0. The third-order valence-corrected chi connectivity index (χ3v) is 4.12. The molecule has 0 N–H and O–H groups in total. The van der Waals surface area contributed by atoms with Crippen LogP contribution < -0.4 is 0 Å². The summed E-state index contributed by atoms with van der Waals surface area (Å²) in [4.78, 5) is 19.2. The molecule has 3 rings (SSSR count). The summed E-state index contributed by atoms with van der Waals surface area (Å²) in [5, 5.41) is 0. The minimum absolute atomic E-state index is 0.0953. The lowest BCUT2D eigenvalue weighted by Crippen LogP contribution is -2.49. The van der Waals surface area contributed by atoms with Gasteiger partial charge in [0.15, 0.2) is 0 Å². The van der Waals surface area contributed by atoms with E-state index >= 15 is 0 Å². The fourth-order valence-corrected chi connectivity index (χ4v) is 3.19. The van der Waals surface area contributed by atoms with Gasteiger partial charge in [-0.05, 0) is 26.0 Å². The van der Waals surface area contributed by atoms with Crippen molar-refractivity contribution < 1.29 is 9.53 Å². The molecule has 5 nitrogen and oxygen atoms in total. The summed E-state index contributed by atoms with van der Waals surface area (Å²) < 4.78 is 7.75. The topological polar surface area (TPSA) is 47.4 Å². The summed E-state index contributed by atoms with van der Waals surface area (Å²) in [5.41, 5.74) is 1.98. The van der Waals surface area contributed by atoms with E-state index in [1.165, 1.54) is 0 Å². The highest BCUT2D eigenvalue weighted by Crippen LogP contribution is 2.18. The number of para-hydroxylation sites is 2. The predicted molar refractivity (Wildman–Crippen MR) is 85.7 cm³/mol. The second-order valence-electron chi connectivity index (χ2n) is 6.01. The molecule has 0 saturated carbocycles. The van der Waals surface area contributed by atoms with E-state index in [1.54, 1.807) is 0 Å². The Kier molecular flexibility index (Phi) is 4.16. The summed E-state index contributed by atoms with van der Waals surface area (Å²) in [6.07, 6.45) is 1.01. The summed E-state index contributed by atoms with van der Waals surface area (Å²) in [6, 6.07) is 7.99. The van der Waals surface area contributed by atoms with Crippen LogP contribution in [0.3, 0.4) is 0 Å². The van der Waals surface area contributed by atoms with E-state index < -0.39 is 0 Å². The van der Waals surface area contributed by atoms with E-state index in [0.717, 1.165) is 23.3 Å². The summed E-state index contributed by atoms with van der Waals surface area (Å²) >= 11 is 0. The van der Waals surface area contributed by atoms with Crippen LogP contribution in [0.15, 0.2) is 24.3 Å². The molecule has 0 aliphatic carbocycles. The van der Waals surface area contributed by atoms with Gasteiger partial charge >= 0.3 is 0 Å². The van der Waals surface area contributed by atoms with Gasteiger partial charge in [0.25, 0.3) is 0 Å². The minimum atomic E-state index is 0.0953. The molecule has 0 bridgehead atoms. The van der Waals surface area contributed by atoms with Crippen molar-refractivity contribution in [2.45, 2.75) is 45.9 Å². The van der Waals surface area contributed by atoms with Crippen LogP contribution in [0.5, 0.6) is 0 Å². The van der Waals surface area contributed by atoms with Crippen LogP contribution in [0.25, 0.3) is 11.0 Å². The average Bonchev–Trinajstić information content (AvgIpc) is 2.84. The number of amides is 1. The van der Waals surface area contributed by atoms with Crippen molar-refractivity contribution in [1.82, 2.24) is 14.5 Å². The maximum Gasteiger partial charge on any atom is 0.242 e. The number of fused-ring (bicyclic) bond motifs is 1. The Hall–Kier alpha value is -1.88. The Labute approximate surface area is 130 Å². The number of nitrogens with zero attached hydrogens (tertiary/aromatic N) is 3. The molecular formula is C17H23N3O2. The standard InChI is InChI=1S/C17H23N3O2/c1-4-16-18-14-7-5-6-8-15(14)20(16)11-17(21)19-9-12(2)22-13(3)10-19/h5-8,12-13H,4,9-11H2,1-3H3. The lowest BCUT2D eigenvalue weighted by Gasteiger charge is -2.35. The van der Waals surface area contributed by atoms with Crippen LogP contribution in [-0.4, -0.2) is 45.7 Å². The molecular weight excluding hydrogens is 278 g/mol. The molecule has 2 aromatic rings. The Balaban J connectivity index is 1.84. The number of carbonyl (C=O) groups is 1. The van der Waals surface area contributed by atoms with Gasteiger partial charge in [-0.25, -0.2) is 4.98 Å². The minimum Gasteiger partial charge on any atom is -0.372 e. The molecule has 0 radical (unpaired) electrons. The van der Waals surface area contributed by atoms with Crippen molar-refractivity contribution in [1.29, 1.82) is 0 Å². The van der Waals surface area contributed by atoms with E-state index in [9.17, 15) is 4.79 Å². The highest BCUT2D eigenvalue weighted by Gasteiger charge is 2.26. The molecule has 1 fully saturated rings. The second kappa shape index (κ2) is 6.08. The fraction of sp³-hybridized carbons (Fsp3) is 0.529. The number of aromatic nitrogens is 2. The van der Waals surface area contributed by atoms with Crippen LogP contribution in [0.1, 0.15) is 26.6 Å². The fourth-order valence-electron chi connectivity index (χ4n) is 3.19. The maximum absolute atomic E-state index is 12.7. The molecule has 1 amide bonds. The van der Waals surface area contributed by atoms with Crippen LogP contribution in [0, 0.1) is 0 Å². The van der Waals surface area contributed by atoms with Crippen molar-refractivity contribution in [3.63, 3.8) is 0 Å². The first-order valence-corrected chi connectivity index (χ1v) is 7.96. The van der Waals surface area contributed by atoms with Gasteiger partial charge in [-0.15, -0.1) is 0 Å². The molecule has 5 heteroatoms. The van der Waals surface area contributed by atoms with E-state index in [0.29, 0.717) is 19.6 Å². The first kappa shape index (κ1) is 15.0. The van der Waals surface area contributed by atoms with Crippen LogP contribution in [0.2, 0.25) is 0 Å². The highest BCUT2D eigenvalue weighted by atomic mass is 16.5. The van der Waals surface area contributed by atoms with Gasteiger partial charge < -0.3 is 14.2 Å². The van der Waals surface area contributed by atoms with Gasteiger partial charge in [-0.1, -0.05) is 19.1 Å². The summed E-state index contributed by atoms with van der Waals surface area (Å²) in [7, 11) is 0. The van der Waals surface area contributed by atoms with Gasteiger partial charge in [0.05, 0.1) is 23.2 Å². The molecule has 1 aliphatic heterocycles. The lowest BCUT2D eigenvalue weighted by molar-refractivity contribution is -0.143. The Morgan fingerprint density at radius 2 is 1.95 bits per heavy atom. The Bertz CT molecular complexity index is 670. The zero-order valence-corrected chi connectivity index (χ0v) is 13.5. The quantitative estimate of drug-likeness (QED) is 0.873. The normalized spacial score (nSPS) is 22.2. The van der Waals surface area contributed by atoms with Crippen molar-refractivity contribution in [2.75, 3.05) is 13.1 Å². The number of ether oxygens (including phenoxy) is 1. The van der Waals surface area contributed by atoms with Gasteiger partial charge in [0.2, 0.25) is 5.91 Å². The monoisotopic (exact) mass is 301 g/mol. The van der Waals surface area contributed by atoms with Gasteiger partial charge in [-0.2, -0.15) is 0 Å². The van der Waals surface area contributed by atoms with Gasteiger partial charge in [0.1, 0.15) is 12.4 Å². The van der Waals surface area contributed by atoms with Crippen molar-refractivity contribution in [2.24, 2.45) is 0 Å². The maximum atomic E-state index is 12.7. The summed E-state index contributed by atoms with van der Waals surface area (Å²) in [6.45, 7) is 7.78. The first-order valence-electron chi connectivity index (χ1n) is 7.96.